The highest BCUT2D eigenvalue weighted by Gasteiger charge is 2.22. The number of ether oxygens (including phenoxy) is 1. The van der Waals surface area contributed by atoms with Crippen LogP contribution in [0.1, 0.15) is 32.1 Å². The third-order valence-electron chi connectivity index (χ3n) is 6.07. The van der Waals surface area contributed by atoms with Crippen LogP contribution in [0.4, 0.5) is 5.95 Å². The molecular formula is C23H33N7O5S2. The Balaban J connectivity index is 1.37. The van der Waals surface area contributed by atoms with Gasteiger partial charge < -0.3 is 15.4 Å². The van der Waals surface area contributed by atoms with Gasteiger partial charge in [-0.25, -0.2) is 31.2 Å². The molecule has 1 fully saturated rings. The number of benzene rings is 1. The molecule has 2 aromatic heterocycles. The number of sulfonamides is 1. The Morgan fingerprint density at radius 2 is 1.81 bits per heavy atom. The van der Waals surface area contributed by atoms with E-state index >= 15 is 0 Å². The van der Waals surface area contributed by atoms with E-state index in [9.17, 15) is 16.8 Å². The highest BCUT2D eigenvalue weighted by molar-refractivity contribution is 7.90. The third kappa shape index (κ3) is 8.09. The molecule has 0 bridgehead atoms. The molecule has 0 saturated heterocycles. The molecule has 1 aromatic carbocycles. The summed E-state index contributed by atoms with van der Waals surface area (Å²) in [5.74, 6) is 1.80. The van der Waals surface area contributed by atoms with Gasteiger partial charge in [0, 0.05) is 37.1 Å². The molecule has 0 spiro atoms. The molecule has 1 aliphatic carbocycles. The van der Waals surface area contributed by atoms with Gasteiger partial charge in [-0.2, -0.15) is 10.1 Å². The lowest BCUT2D eigenvalue weighted by atomic mass is 9.91. The van der Waals surface area contributed by atoms with E-state index in [2.05, 4.69) is 30.4 Å². The maximum absolute atomic E-state index is 11.4. The van der Waals surface area contributed by atoms with Crippen LogP contribution in [-0.4, -0.2) is 80.2 Å². The summed E-state index contributed by atoms with van der Waals surface area (Å²) in [4.78, 5) is 9.04. The predicted molar refractivity (Wildman–Crippen MR) is 142 cm³/mol. The van der Waals surface area contributed by atoms with Crippen LogP contribution in [0.5, 0.6) is 5.75 Å². The summed E-state index contributed by atoms with van der Waals surface area (Å²) in [6, 6.07) is 7.85. The maximum Gasteiger partial charge on any atom is 0.224 e. The zero-order chi connectivity index (χ0) is 26.5. The summed E-state index contributed by atoms with van der Waals surface area (Å²) in [5, 5.41) is 11.9. The topological polar surface area (TPSA) is 157 Å². The minimum atomic E-state index is -3.21. The van der Waals surface area contributed by atoms with Crippen molar-refractivity contribution in [2.75, 3.05) is 36.9 Å². The number of fused-ring (bicyclic) bond motifs is 1. The van der Waals surface area contributed by atoms with E-state index in [0.717, 1.165) is 42.8 Å². The molecule has 4 rings (SSSR count). The molecule has 37 heavy (non-hydrogen) atoms. The van der Waals surface area contributed by atoms with E-state index < -0.39 is 19.9 Å². The first-order chi connectivity index (χ1) is 17.6. The summed E-state index contributed by atoms with van der Waals surface area (Å²) >= 11 is 0. The summed E-state index contributed by atoms with van der Waals surface area (Å²) in [6.07, 6.45) is 9.84. The number of nitrogens with one attached hydrogen (secondary N) is 3. The van der Waals surface area contributed by atoms with Crippen molar-refractivity contribution in [1.82, 2.24) is 29.8 Å². The quantitative estimate of drug-likeness (QED) is 0.281. The monoisotopic (exact) mass is 551 g/mol. The van der Waals surface area contributed by atoms with Crippen LogP contribution < -0.4 is 20.1 Å². The first-order valence-electron chi connectivity index (χ1n) is 12.1. The SMILES string of the molecule is CS(=O)(=O)CNC1CCC(Nc2nccc(-n3ncc4c(OCCCNS(C)(=O)=O)cccc43)n2)CC1. The lowest BCUT2D eigenvalue weighted by Crippen LogP contribution is -2.39. The van der Waals surface area contributed by atoms with Gasteiger partial charge in [0.1, 0.15) is 5.75 Å². The Kier molecular flexibility index (Phi) is 8.62. The number of nitrogens with zero attached hydrogens (tertiary/aromatic N) is 4. The highest BCUT2D eigenvalue weighted by atomic mass is 32.2. The molecule has 1 aliphatic rings. The Labute approximate surface area is 217 Å². The van der Waals surface area contributed by atoms with E-state index in [0.29, 0.717) is 37.1 Å². The summed E-state index contributed by atoms with van der Waals surface area (Å²) in [6.45, 7) is 0.671. The van der Waals surface area contributed by atoms with Crippen LogP contribution in [0.2, 0.25) is 0 Å². The van der Waals surface area contributed by atoms with E-state index in [1.165, 1.54) is 6.26 Å². The largest absolute Gasteiger partial charge is 0.493 e. The van der Waals surface area contributed by atoms with Gasteiger partial charge in [-0.1, -0.05) is 6.07 Å². The van der Waals surface area contributed by atoms with E-state index in [1.54, 1.807) is 23.1 Å². The lowest BCUT2D eigenvalue weighted by molar-refractivity contribution is 0.315. The molecule has 3 N–H and O–H groups in total. The summed E-state index contributed by atoms with van der Waals surface area (Å²) in [5.41, 5.74) is 0.828. The maximum atomic E-state index is 11.4. The van der Waals surface area contributed by atoms with E-state index in [1.807, 2.05) is 18.2 Å². The number of sulfone groups is 1. The van der Waals surface area contributed by atoms with Crippen LogP contribution in [0.15, 0.2) is 36.7 Å². The minimum Gasteiger partial charge on any atom is -0.493 e. The summed E-state index contributed by atoms with van der Waals surface area (Å²) in [7, 11) is -6.24. The Morgan fingerprint density at radius 1 is 1.05 bits per heavy atom. The normalized spacial score (nSPS) is 18.6. The fourth-order valence-corrected chi connectivity index (χ4v) is 5.33. The number of hydrogen-bond acceptors (Lipinski definition) is 10. The van der Waals surface area contributed by atoms with Crippen LogP contribution in [0.25, 0.3) is 16.7 Å². The molecule has 0 unspecified atom stereocenters. The van der Waals surface area contributed by atoms with Crippen molar-refractivity contribution in [3.63, 3.8) is 0 Å². The second-order valence-electron chi connectivity index (χ2n) is 9.32. The Hall–Kier alpha value is -2.81. The van der Waals surface area contributed by atoms with Crippen LogP contribution in [-0.2, 0) is 19.9 Å². The number of anilines is 1. The van der Waals surface area contributed by atoms with Crippen molar-refractivity contribution in [2.45, 2.75) is 44.2 Å². The number of hydrogen-bond donors (Lipinski definition) is 3. The number of rotatable bonds is 12. The molecule has 1 saturated carbocycles. The van der Waals surface area contributed by atoms with Crippen molar-refractivity contribution < 1.29 is 21.6 Å². The molecule has 2 heterocycles. The smallest absolute Gasteiger partial charge is 0.224 e. The minimum absolute atomic E-state index is 0.00584. The Bertz CT molecular complexity index is 1420. The van der Waals surface area contributed by atoms with E-state index in [4.69, 9.17) is 4.74 Å². The molecule has 0 radical (unpaired) electrons. The zero-order valence-corrected chi connectivity index (χ0v) is 22.6. The predicted octanol–water partition coefficient (Wildman–Crippen LogP) is 1.45. The van der Waals surface area contributed by atoms with Gasteiger partial charge in [0.2, 0.25) is 16.0 Å². The molecule has 202 valence electrons. The Morgan fingerprint density at radius 3 is 2.54 bits per heavy atom. The molecule has 14 heteroatoms. The van der Waals surface area contributed by atoms with Crippen molar-refractivity contribution >= 4 is 36.7 Å². The molecular weight excluding hydrogens is 518 g/mol. The number of aromatic nitrogens is 4. The lowest BCUT2D eigenvalue weighted by Gasteiger charge is -2.29. The van der Waals surface area contributed by atoms with Crippen molar-refractivity contribution in [3.05, 3.63) is 36.7 Å². The fourth-order valence-electron chi connectivity index (χ4n) is 4.28. The second-order valence-corrected chi connectivity index (χ2v) is 13.3. The first-order valence-corrected chi connectivity index (χ1v) is 16.1. The van der Waals surface area contributed by atoms with Crippen molar-refractivity contribution in [2.24, 2.45) is 0 Å². The standard InChI is InChI=1S/C23H33N7O5S2/c1-36(31,32)16-25-17-7-9-18(10-8-17)28-23-24-13-11-22(29-23)30-20-5-3-6-21(19(20)15-26-30)35-14-4-12-27-37(2,33)34/h3,5-6,11,13,15,17-18,25,27H,4,7-10,12,14,16H2,1-2H3,(H,24,28,29). The molecule has 0 atom stereocenters. The second kappa shape index (κ2) is 11.7. The van der Waals surface area contributed by atoms with Gasteiger partial charge in [-0.3, -0.25) is 0 Å². The van der Waals surface area contributed by atoms with Gasteiger partial charge in [0.05, 0.1) is 35.8 Å². The van der Waals surface area contributed by atoms with Gasteiger partial charge in [-0.05, 0) is 44.2 Å². The van der Waals surface area contributed by atoms with Gasteiger partial charge in [-0.15, -0.1) is 0 Å². The van der Waals surface area contributed by atoms with Gasteiger partial charge in [0.25, 0.3) is 0 Å². The van der Waals surface area contributed by atoms with Crippen LogP contribution in [0, 0.1) is 0 Å². The molecule has 12 nitrogen and oxygen atoms in total. The highest BCUT2D eigenvalue weighted by Crippen LogP contribution is 2.27. The van der Waals surface area contributed by atoms with Gasteiger partial charge in [0.15, 0.2) is 15.7 Å². The van der Waals surface area contributed by atoms with Crippen LogP contribution in [0.3, 0.4) is 0 Å². The third-order valence-corrected chi connectivity index (χ3v) is 7.49. The first kappa shape index (κ1) is 27.2. The van der Waals surface area contributed by atoms with Crippen molar-refractivity contribution in [3.8, 4) is 11.6 Å². The molecule has 0 aliphatic heterocycles. The molecule has 0 amide bonds. The summed E-state index contributed by atoms with van der Waals surface area (Å²) < 4.78 is 55.2. The zero-order valence-electron chi connectivity index (χ0n) is 20.9. The van der Waals surface area contributed by atoms with Gasteiger partial charge >= 0.3 is 0 Å². The molecule has 3 aromatic rings. The average molecular weight is 552 g/mol. The van der Waals surface area contributed by atoms with E-state index in [-0.39, 0.29) is 18.0 Å². The van der Waals surface area contributed by atoms with Crippen molar-refractivity contribution in [1.29, 1.82) is 0 Å². The van der Waals surface area contributed by atoms with Crippen LogP contribution >= 0.6 is 0 Å². The average Bonchev–Trinajstić information content (AvgIpc) is 3.27. The fraction of sp³-hybridized carbons (Fsp3) is 0.522.